The number of carbonyl (C=O) groups is 2. The van der Waals surface area contributed by atoms with E-state index in [-0.39, 0.29) is 17.3 Å². The average Bonchev–Trinajstić information content (AvgIpc) is 2.80. The molecule has 0 saturated carbocycles. The van der Waals surface area contributed by atoms with Crippen molar-refractivity contribution in [3.05, 3.63) is 47.5 Å². The van der Waals surface area contributed by atoms with Crippen LogP contribution in [-0.2, 0) is 19.9 Å². The van der Waals surface area contributed by atoms with Gasteiger partial charge in [-0.1, -0.05) is 23.2 Å². The Labute approximate surface area is 207 Å². The molecule has 0 spiro atoms. The molecule has 2 heterocycles. The number of ether oxygens (including phenoxy) is 2. The largest absolute Gasteiger partial charge is 0.573 e. The predicted octanol–water partition coefficient (Wildman–Crippen LogP) is 4.11. The number of amides is 2. The van der Waals surface area contributed by atoms with Crippen molar-refractivity contribution in [1.82, 2.24) is 15.3 Å². The second-order valence-electron chi connectivity index (χ2n) is 7.69. The maximum Gasteiger partial charge on any atom is 0.573 e. The third-order valence-electron chi connectivity index (χ3n) is 5.37. The molecule has 2 aromatic rings. The Hall–Kier alpha value is -2.70. The first kappa shape index (κ1) is 26.9. The number of nitrogens with zero attached hydrogens (tertiary/aromatic N) is 3. The van der Waals surface area contributed by atoms with E-state index in [9.17, 15) is 27.2 Å². The summed E-state index contributed by atoms with van der Waals surface area (Å²) in [5, 5.41) is 2.38. The molecule has 8 nitrogen and oxygen atoms in total. The van der Waals surface area contributed by atoms with Crippen LogP contribution in [0.4, 0.5) is 23.2 Å². The molecule has 14 heteroatoms. The van der Waals surface area contributed by atoms with Gasteiger partial charge in [0.2, 0.25) is 0 Å². The van der Waals surface area contributed by atoms with Crippen molar-refractivity contribution in [3.8, 4) is 5.75 Å². The van der Waals surface area contributed by atoms with Crippen LogP contribution in [0.3, 0.4) is 0 Å². The predicted molar refractivity (Wildman–Crippen MR) is 118 cm³/mol. The number of carbonyl (C=O) groups excluding carboxylic acids is 2. The van der Waals surface area contributed by atoms with E-state index < -0.39 is 40.1 Å². The van der Waals surface area contributed by atoms with Gasteiger partial charge in [-0.15, -0.1) is 13.2 Å². The number of benzene rings is 1. The molecule has 1 aliphatic heterocycles. The molecule has 2 atom stereocenters. The molecule has 1 aliphatic rings. The summed E-state index contributed by atoms with van der Waals surface area (Å²) < 4.78 is 61.2. The number of aromatic nitrogens is 2. The zero-order chi connectivity index (χ0) is 25.8. The normalized spacial score (nSPS) is 17.2. The van der Waals surface area contributed by atoms with E-state index in [0.29, 0.717) is 31.0 Å². The monoisotopic (exact) mass is 538 g/mol. The number of halogens is 6. The number of anilines is 1. The number of nitrogens with one attached hydrogen (secondary N) is 1. The van der Waals surface area contributed by atoms with Crippen LogP contribution in [0.2, 0.25) is 5.02 Å². The van der Waals surface area contributed by atoms with E-state index in [1.165, 1.54) is 25.6 Å². The molecule has 3 rings (SSSR count). The number of rotatable bonds is 7. The first-order chi connectivity index (χ1) is 16.4. The lowest BCUT2D eigenvalue weighted by Gasteiger charge is -2.41. The first-order valence-electron chi connectivity index (χ1n) is 10.2. The maximum absolute atomic E-state index is 14.2. The Morgan fingerprint density at radius 3 is 2.40 bits per heavy atom. The molecule has 2 amide bonds. The quantitative estimate of drug-likeness (QED) is 0.421. The topological polar surface area (TPSA) is 93.6 Å². The highest BCUT2D eigenvalue weighted by atomic mass is 35.5. The van der Waals surface area contributed by atoms with Crippen LogP contribution in [0.15, 0.2) is 36.9 Å². The summed E-state index contributed by atoms with van der Waals surface area (Å²) in [4.78, 5) is 35.1. The Balaban J connectivity index is 2.13. The van der Waals surface area contributed by atoms with E-state index in [1.807, 2.05) is 0 Å². The summed E-state index contributed by atoms with van der Waals surface area (Å²) in [6.45, 7) is 2.10. The van der Waals surface area contributed by atoms with E-state index in [4.69, 9.17) is 27.9 Å². The van der Waals surface area contributed by atoms with Crippen molar-refractivity contribution in [2.75, 3.05) is 18.1 Å². The van der Waals surface area contributed by atoms with Crippen LogP contribution >= 0.6 is 23.2 Å². The summed E-state index contributed by atoms with van der Waals surface area (Å²) in [5.74, 6) is -2.80. The third-order valence-corrected chi connectivity index (χ3v) is 5.86. The van der Waals surface area contributed by atoms with Gasteiger partial charge in [0.1, 0.15) is 12.1 Å². The van der Waals surface area contributed by atoms with Crippen molar-refractivity contribution in [1.29, 1.82) is 0 Å². The molecule has 190 valence electrons. The minimum atomic E-state index is -5.00. The smallest absolute Gasteiger partial charge is 0.406 e. The van der Waals surface area contributed by atoms with E-state index in [1.54, 1.807) is 0 Å². The van der Waals surface area contributed by atoms with Gasteiger partial charge in [0.15, 0.2) is 5.54 Å². The number of hydrogen-bond donors (Lipinski definition) is 1. The summed E-state index contributed by atoms with van der Waals surface area (Å²) in [6.07, 6.45) is -0.345. The first-order valence-corrected chi connectivity index (χ1v) is 11.1. The second kappa shape index (κ2) is 10.9. The van der Waals surface area contributed by atoms with Crippen molar-refractivity contribution >= 4 is 40.7 Å². The lowest BCUT2D eigenvalue weighted by atomic mass is 9.89. The van der Waals surface area contributed by atoms with Crippen LogP contribution in [-0.4, -0.2) is 53.0 Å². The van der Waals surface area contributed by atoms with Crippen molar-refractivity contribution in [2.45, 2.75) is 43.3 Å². The SMILES string of the molecule is C[C@@](C(=O)NC1CCOCC1)(c1cncnc1)N(C(=O)[C@H](F)Cl)c1ccc(OC(F)(F)F)cc1Cl. The van der Waals surface area contributed by atoms with Crippen molar-refractivity contribution in [3.63, 3.8) is 0 Å². The lowest BCUT2D eigenvalue weighted by molar-refractivity contribution is -0.274. The number of alkyl halides is 5. The summed E-state index contributed by atoms with van der Waals surface area (Å²) in [5.41, 5.74) is -4.84. The highest BCUT2D eigenvalue weighted by Crippen LogP contribution is 2.40. The maximum atomic E-state index is 14.2. The van der Waals surface area contributed by atoms with Crippen LogP contribution in [0, 0.1) is 0 Å². The minimum Gasteiger partial charge on any atom is -0.406 e. The van der Waals surface area contributed by atoms with Crippen LogP contribution in [0.5, 0.6) is 5.75 Å². The molecular weight excluding hydrogens is 519 g/mol. The Kier molecular flexibility index (Phi) is 8.39. The molecule has 0 radical (unpaired) electrons. The average molecular weight is 539 g/mol. The Bertz CT molecular complexity index is 1060. The van der Waals surface area contributed by atoms with E-state index in [0.717, 1.165) is 18.2 Å². The number of hydrogen-bond acceptors (Lipinski definition) is 6. The molecule has 0 bridgehead atoms. The fourth-order valence-electron chi connectivity index (χ4n) is 3.62. The molecular formula is C21H20Cl2F4N4O4. The van der Waals surface area contributed by atoms with Gasteiger partial charge in [-0.05, 0) is 31.9 Å². The van der Waals surface area contributed by atoms with Crippen molar-refractivity contribution < 1.29 is 36.6 Å². The standard InChI is InChI=1S/C21H20Cl2F4N4O4/c1-20(12-9-28-11-29-10-12,19(33)30-13-4-6-34-7-5-13)31(18(32)17(23)24)16-3-2-14(8-15(16)22)35-21(25,26)27/h2-3,8-11,13,17H,4-7H2,1H3,(H,30,33)/t17-,20-/m0/s1. The summed E-state index contributed by atoms with van der Waals surface area (Å²) in [6, 6.07) is 2.33. The molecule has 1 saturated heterocycles. The Morgan fingerprint density at radius 2 is 1.86 bits per heavy atom. The summed E-state index contributed by atoms with van der Waals surface area (Å²) >= 11 is 11.7. The van der Waals surface area contributed by atoms with Gasteiger partial charge in [-0.25, -0.2) is 14.4 Å². The van der Waals surface area contributed by atoms with Gasteiger partial charge >= 0.3 is 6.36 Å². The van der Waals surface area contributed by atoms with E-state index in [2.05, 4.69) is 20.0 Å². The highest BCUT2D eigenvalue weighted by molar-refractivity contribution is 6.36. The van der Waals surface area contributed by atoms with Gasteiger partial charge in [-0.2, -0.15) is 0 Å². The molecule has 1 aromatic carbocycles. The fourth-order valence-corrected chi connectivity index (χ4v) is 3.98. The molecule has 1 fully saturated rings. The molecule has 1 aromatic heterocycles. The van der Waals surface area contributed by atoms with Gasteiger partial charge < -0.3 is 14.8 Å². The van der Waals surface area contributed by atoms with Crippen LogP contribution < -0.4 is 15.0 Å². The van der Waals surface area contributed by atoms with Gasteiger partial charge in [-0.3, -0.25) is 14.5 Å². The third kappa shape index (κ3) is 6.30. The van der Waals surface area contributed by atoms with Gasteiger partial charge in [0, 0.05) is 43.3 Å². The van der Waals surface area contributed by atoms with Crippen molar-refractivity contribution in [2.24, 2.45) is 0 Å². The molecule has 0 aliphatic carbocycles. The molecule has 35 heavy (non-hydrogen) atoms. The highest BCUT2D eigenvalue weighted by Gasteiger charge is 2.48. The fraction of sp³-hybridized carbons (Fsp3) is 0.429. The molecule has 0 unspecified atom stereocenters. The van der Waals surface area contributed by atoms with Gasteiger partial charge in [0.25, 0.3) is 17.4 Å². The van der Waals surface area contributed by atoms with E-state index >= 15 is 0 Å². The zero-order valence-electron chi connectivity index (χ0n) is 18.2. The molecule has 1 N–H and O–H groups in total. The lowest BCUT2D eigenvalue weighted by Crippen LogP contribution is -2.60. The minimum absolute atomic E-state index is 0.0712. The zero-order valence-corrected chi connectivity index (χ0v) is 19.7. The van der Waals surface area contributed by atoms with Gasteiger partial charge in [0.05, 0.1) is 10.7 Å². The second-order valence-corrected chi connectivity index (χ2v) is 8.49. The van der Waals surface area contributed by atoms with Crippen LogP contribution in [0.1, 0.15) is 25.3 Å². The van der Waals surface area contributed by atoms with Crippen LogP contribution in [0.25, 0.3) is 0 Å². The Morgan fingerprint density at radius 1 is 1.23 bits per heavy atom. The summed E-state index contributed by atoms with van der Waals surface area (Å²) in [7, 11) is 0.